The zero-order valence-electron chi connectivity index (χ0n) is 21.0. The van der Waals surface area contributed by atoms with Crippen LogP contribution in [0.1, 0.15) is 136 Å². The highest BCUT2D eigenvalue weighted by molar-refractivity contribution is 5.69. The predicted octanol–water partition coefficient (Wildman–Crippen LogP) is 8.55. The lowest BCUT2D eigenvalue weighted by Crippen LogP contribution is -2.16. The fraction of sp³-hybridized carbons (Fsp3) is 0.786. The average Bonchev–Trinajstić information content (AvgIpc) is 2.76. The quantitative estimate of drug-likeness (QED) is 0.0962. The van der Waals surface area contributed by atoms with E-state index < -0.39 is 5.97 Å². The van der Waals surface area contributed by atoms with Gasteiger partial charge in [-0.25, -0.2) is 0 Å². The van der Waals surface area contributed by atoms with Gasteiger partial charge in [-0.05, 0) is 63.9 Å². The van der Waals surface area contributed by atoms with E-state index in [4.69, 9.17) is 9.84 Å². The van der Waals surface area contributed by atoms with Crippen molar-refractivity contribution < 1.29 is 19.4 Å². The van der Waals surface area contributed by atoms with Crippen molar-refractivity contribution in [1.82, 2.24) is 0 Å². The first-order chi connectivity index (χ1) is 15.6. The van der Waals surface area contributed by atoms with Gasteiger partial charge in [0.1, 0.15) is 6.10 Å². The largest absolute Gasteiger partial charge is 0.481 e. The molecule has 4 heteroatoms. The number of allylic oxidation sites excluding steroid dienone is 3. The third-order valence-corrected chi connectivity index (χ3v) is 5.61. The first-order valence-corrected chi connectivity index (χ1v) is 13.3. The van der Waals surface area contributed by atoms with E-state index in [1.807, 2.05) is 6.08 Å². The Morgan fingerprint density at radius 2 is 1.28 bits per heavy atom. The van der Waals surface area contributed by atoms with Gasteiger partial charge in [-0.15, -0.1) is 0 Å². The molecule has 0 aromatic carbocycles. The van der Waals surface area contributed by atoms with Crippen molar-refractivity contribution in [2.75, 3.05) is 0 Å². The van der Waals surface area contributed by atoms with Gasteiger partial charge in [0.15, 0.2) is 0 Å². The number of hydrogen-bond donors (Lipinski definition) is 1. The topological polar surface area (TPSA) is 63.6 Å². The summed E-state index contributed by atoms with van der Waals surface area (Å²) in [6.07, 6.45) is 27.9. The Hall–Kier alpha value is -1.58. The fourth-order valence-corrected chi connectivity index (χ4v) is 3.62. The summed E-state index contributed by atoms with van der Waals surface area (Å²) in [7, 11) is 0. The van der Waals surface area contributed by atoms with Gasteiger partial charge in [0, 0.05) is 12.8 Å². The second-order valence-electron chi connectivity index (χ2n) is 8.87. The van der Waals surface area contributed by atoms with Gasteiger partial charge in [-0.1, -0.05) is 83.4 Å². The van der Waals surface area contributed by atoms with E-state index in [1.165, 1.54) is 51.4 Å². The van der Waals surface area contributed by atoms with E-state index in [1.54, 1.807) is 0 Å². The molecule has 0 aliphatic carbocycles. The molecule has 0 amide bonds. The maximum absolute atomic E-state index is 12.2. The minimum absolute atomic E-state index is 0.0861. The molecule has 1 atom stereocenters. The Bertz CT molecular complexity index is 496. The van der Waals surface area contributed by atoms with Crippen LogP contribution in [0.5, 0.6) is 0 Å². The van der Waals surface area contributed by atoms with Crippen molar-refractivity contribution in [3.05, 3.63) is 24.3 Å². The molecule has 0 aromatic heterocycles. The smallest absolute Gasteiger partial charge is 0.306 e. The van der Waals surface area contributed by atoms with Crippen LogP contribution >= 0.6 is 0 Å². The van der Waals surface area contributed by atoms with E-state index in [9.17, 15) is 9.59 Å². The van der Waals surface area contributed by atoms with Crippen LogP contribution < -0.4 is 0 Å². The minimum Gasteiger partial charge on any atom is -0.481 e. The zero-order chi connectivity index (χ0) is 23.7. The Kier molecular flexibility index (Phi) is 22.9. The molecule has 0 heterocycles. The summed E-state index contributed by atoms with van der Waals surface area (Å²) in [4.78, 5) is 22.8. The number of carboxylic acids is 1. The summed E-state index contributed by atoms with van der Waals surface area (Å²) in [6, 6.07) is 0. The molecule has 0 aromatic rings. The van der Waals surface area contributed by atoms with Gasteiger partial charge in [0.2, 0.25) is 0 Å². The molecular weight excluding hydrogens is 400 g/mol. The van der Waals surface area contributed by atoms with Crippen molar-refractivity contribution in [3.63, 3.8) is 0 Å². The highest BCUT2D eigenvalue weighted by Gasteiger charge is 2.11. The standard InChI is InChI=1S/C28H50O4/c1-3-5-7-8-9-10-11-12-13-14-15-21-25-28(31)32-26(22-18-6-4-2)23-19-16-17-20-24-27(29)30/h9-10,18,22,26H,3-8,11-17,19-21,23-25H2,1-2H3,(H,29,30)/b10-9-,22-18-. The van der Waals surface area contributed by atoms with Gasteiger partial charge in [0.25, 0.3) is 0 Å². The molecule has 0 saturated carbocycles. The maximum atomic E-state index is 12.2. The van der Waals surface area contributed by atoms with Gasteiger partial charge < -0.3 is 9.84 Å². The van der Waals surface area contributed by atoms with Gasteiger partial charge >= 0.3 is 11.9 Å². The highest BCUT2D eigenvalue weighted by Crippen LogP contribution is 2.14. The van der Waals surface area contributed by atoms with Crippen LogP contribution in [-0.2, 0) is 14.3 Å². The summed E-state index contributed by atoms with van der Waals surface area (Å²) < 4.78 is 5.71. The zero-order valence-corrected chi connectivity index (χ0v) is 21.0. The third-order valence-electron chi connectivity index (χ3n) is 5.61. The summed E-state index contributed by atoms with van der Waals surface area (Å²) >= 11 is 0. The number of carbonyl (C=O) groups is 2. The number of aliphatic carboxylic acids is 1. The van der Waals surface area contributed by atoms with Crippen molar-refractivity contribution >= 4 is 11.9 Å². The lowest BCUT2D eigenvalue weighted by atomic mass is 10.1. The molecule has 0 spiro atoms. The first-order valence-electron chi connectivity index (χ1n) is 13.3. The molecule has 0 aliphatic heterocycles. The normalized spacial score (nSPS) is 12.6. The van der Waals surface area contributed by atoms with Crippen LogP contribution in [0.25, 0.3) is 0 Å². The summed E-state index contributed by atoms with van der Waals surface area (Å²) in [6.45, 7) is 4.37. The molecule has 0 fully saturated rings. The summed E-state index contributed by atoms with van der Waals surface area (Å²) in [5.74, 6) is -0.814. The number of carboxylic acid groups (broad SMARTS) is 1. The predicted molar refractivity (Wildman–Crippen MR) is 135 cm³/mol. The molecule has 1 N–H and O–H groups in total. The minimum atomic E-state index is -0.728. The number of carbonyl (C=O) groups excluding carboxylic acids is 1. The van der Waals surface area contributed by atoms with E-state index in [-0.39, 0.29) is 18.5 Å². The molecule has 32 heavy (non-hydrogen) atoms. The summed E-state index contributed by atoms with van der Waals surface area (Å²) in [5.41, 5.74) is 0. The third kappa shape index (κ3) is 23.1. The molecule has 0 bridgehead atoms. The number of unbranched alkanes of at least 4 members (excludes halogenated alkanes) is 12. The van der Waals surface area contributed by atoms with Crippen molar-refractivity contribution in [2.24, 2.45) is 0 Å². The molecule has 0 saturated heterocycles. The number of hydrogen-bond acceptors (Lipinski definition) is 3. The second-order valence-corrected chi connectivity index (χ2v) is 8.87. The van der Waals surface area contributed by atoms with Crippen LogP contribution in [0, 0.1) is 0 Å². The van der Waals surface area contributed by atoms with Crippen LogP contribution in [0.3, 0.4) is 0 Å². The van der Waals surface area contributed by atoms with Crippen LogP contribution in [0.15, 0.2) is 24.3 Å². The van der Waals surface area contributed by atoms with Gasteiger partial charge in [-0.2, -0.15) is 0 Å². The molecule has 0 radical (unpaired) electrons. The van der Waals surface area contributed by atoms with Gasteiger partial charge in [0.05, 0.1) is 0 Å². The van der Waals surface area contributed by atoms with Crippen LogP contribution in [0.4, 0.5) is 0 Å². The molecule has 0 aliphatic rings. The molecule has 1 unspecified atom stereocenters. The Morgan fingerprint density at radius 3 is 1.94 bits per heavy atom. The first kappa shape index (κ1) is 30.4. The maximum Gasteiger partial charge on any atom is 0.306 e. The number of rotatable bonds is 23. The Balaban J connectivity index is 3.87. The molecule has 4 nitrogen and oxygen atoms in total. The van der Waals surface area contributed by atoms with E-state index in [2.05, 4.69) is 32.1 Å². The number of esters is 1. The fourth-order valence-electron chi connectivity index (χ4n) is 3.62. The molecule has 186 valence electrons. The Labute approximate surface area is 197 Å². The van der Waals surface area contributed by atoms with E-state index >= 15 is 0 Å². The van der Waals surface area contributed by atoms with Crippen molar-refractivity contribution in [1.29, 1.82) is 0 Å². The van der Waals surface area contributed by atoms with Crippen molar-refractivity contribution in [2.45, 2.75) is 142 Å². The average molecular weight is 451 g/mol. The van der Waals surface area contributed by atoms with E-state index in [0.29, 0.717) is 6.42 Å². The number of ether oxygens (including phenoxy) is 1. The van der Waals surface area contributed by atoms with E-state index in [0.717, 1.165) is 57.8 Å². The second kappa shape index (κ2) is 24.1. The van der Waals surface area contributed by atoms with Crippen LogP contribution in [-0.4, -0.2) is 23.1 Å². The monoisotopic (exact) mass is 450 g/mol. The van der Waals surface area contributed by atoms with Gasteiger partial charge in [-0.3, -0.25) is 9.59 Å². The highest BCUT2D eigenvalue weighted by atomic mass is 16.5. The Morgan fingerprint density at radius 1 is 0.688 bits per heavy atom. The van der Waals surface area contributed by atoms with Crippen LogP contribution in [0.2, 0.25) is 0 Å². The SMILES string of the molecule is CCC/C=C\C(CCCCCCC(=O)O)OC(=O)CCCCCCC/C=C\CCCCC. The molecular formula is C28H50O4. The van der Waals surface area contributed by atoms with Crippen molar-refractivity contribution in [3.8, 4) is 0 Å². The summed E-state index contributed by atoms with van der Waals surface area (Å²) in [5, 5.41) is 8.69. The molecule has 0 rings (SSSR count). The lowest BCUT2D eigenvalue weighted by molar-refractivity contribution is -0.147. The lowest BCUT2D eigenvalue weighted by Gasteiger charge is -2.14.